The largest absolute Gasteiger partial charge is 0.486 e. The van der Waals surface area contributed by atoms with Gasteiger partial charge in [0.05, 0.1) is 5.69 Å². The molecule has 0 atom stereocenters. The first-order valence-corrected chi connectivity index (χ1v) is 11.3. The second-order valence-corrected chi connectivity index (χ2v) is 9.82. The molecule has 2 aromatic rings. The molecule has 2 heterocycles. The molecule has 31 heavy (non-hydrogen) atoms. The van der Waals surface area contributed by atoms with Crippen LogP contribution in [0.3, 0.4) is 0 Å². The van der Waals surface area contributed by atoms with E-state index in [1.165, 1.54) is 30.0 Å². The maximum Gasteiger partial charge on any atom is 0.267 e. The predicted octanol–water partition coefficient (Wildman–Crippen LogP) is 2.77. The van der Waals surface area contributed by atoms with Crippen molar-refractivity contribution in [1.82, 2.24) is 15.1 Å². The van der Waals surface area contributed by atoms with Crippen molar-refractivity contribution in [3.8, 4) is 22.8 Å². The average molecular weight is 421 g/mol. The molecule has 0 radical (unpaired) electrons. The van der Waals surface area contributed by atoms with E-state index in [4.69, 9.17) is 9.47 Å². The van der Waals surface area contributed by atoms with E-state index in [-0.39, 0.29) is 23.6 Å². The van der Waals surface area contributed by atoms with Crippen molar-refractivity contribution >= 4 is 5.91 Å². The Morgan fingerprint density at radius 2 is 1.68 bits per heavy atom. The average Bonchev–Trinajstić information content (AvgIpc) is 2.73. The van der Waals surface area contributed by atoms with E-state index in [0.29, 0.717) is 30.4 Å². The number of carbonyl (C=O) groups is 1. The molecule has 7 nitrogen and oxygen atoms in total. The van der Waals surface area contributed by atoms with Crippen LogP contribution in [-0.2, 0) is 11.3 Å². The molecular formula is C24H27N3O4. The van der Waals surface area contributed by atoms with Gasteiger partial charge in [0.1, 0.15) is 19.8 Å². The Labute approximate surface area is 180 Å². The Hall–Kier alpha value is -2.83. The molecule has 7 heteroatoms. The lowest BCUT2D eigenvalue weighted by Crippen LogP contribution is -2.60. The van der Waals surface area contributed by atoms with Crippen LogP contribution in [0.25, 0.3) is 11.3 Å². The summed E-state index contributed by atoms with van der Waals surface area (Å²) in [6.45, 7) is 0.987. The van der Waals surface area contributed by atoms with E-state index in [2.05, 4.69) is 10.4 Å². The lowest BCUT2D eigenvalue weighted by atomic mass is 9.53. The first-order valence-electron chi connectivity index (χ1n) is 11.3. The number of nitrogens with zero attached hydrogens (tertiary/aromatic N) is 2. The van der Waals surface area contributed by atoms with Gasteiger partial charge >= 0.3 is 0 Å². The SMILES string of the molecule is O=C(Cn1nc(-c2ccc3c(c2)OCCO3)ccc1=O)NC12CC3CC(CC(C3)C1)C2. The Morgan fingerprint density at radius 1 is 1.00 bits per heavy atom. The van der Waals surface area contributed by atoms with E-state index in [9.17, 15) is 9.59 Å². The summed E-state index contributed by atoms with van der Waals surface area (Å²) >= 11 is 0. The summed E-state index contributed by atoms with van der Waals surface area (Å²) in [4.78, 5) is 25.4. The van der Waals surface area contributed by atoms with Gasteiger partial charge in [0, 0.05) is 17.2 Å². The van der Waals surface area contributed by atoms with E-state index < -0.39 is 0 Å². The Kier molecular flexibility index (Phi) is 4.33. The highest BCUT2D eigenvalue weighted by Crippen LogP contribution is 2.55. The van der Waals surface area contributed by atoms with Crippen LogP contribution in [0, 0.1) is 17.8 Å². The van der Waals surface area contributed by atoms with Crippen LogP contribution in [-0.4, -0.2) is 34.4 Å². The number of fused-ring (bicyclic) bond motifs is 1. The van der Waals surface area contributed by atoms with Gasteiger partial charge in [-0.25, -0.2) is 4.68 Å². The van der Waals surface area contributed by atoms with Crippen molar-refractivity contribution in [3.63, 3.8) is 0 Å². The van der Waals surface area contributed by atoms with Gasteiger partial charge in [-0.1, -0.05) is 0 Å². The van der Waals surface area contributed by atoms with Gasteiger partial charge in [-0.2, -0.15) is 5.10 Å². The van der Waals surface area contributed by atoms with Crippen LogP contribution in [0.4, 0.5) is 0 Å². The zero-order chi connectivity index (χ0) is 21.0. The highest BCUT2D eigenvalue weighted by atomic mass is 16.6. The van der Waals surface area contributed by atoms with Gasteiger partial charge < -0.3 is 14.8 Å². The zero-order valence-electron chi connectivity index (χ0n) is 17.5. The number of ether oxygens (including phenoxy) is 2. The van der Waals surface area contributed by atoms with Crippen LogP contribution in [0.15, 0.2) is 35.1 Å². The third-order valence-electron chi connectivity index (χ3n) is 7.44. The molecule has 4 fully saturated rings. The molecule has 0 spiro atoms. The van der Waals surface area contributed by atoms with E-state index >= 15 is 0 Å². The van der Waals surface area contributed by atoms with Gasteiger partial charge in [0.2, 0.25) is 5.91 Å². The fourth-order valence-corrected chi connectivity index (χ4v) is 6.65. The summed E-state index contributed by atoms with van der Waals surface area (Å²) in [5.74, 6) is 3.53. The van der Waals surface area contributed by atoms with Gasteiger partial charge in [-0.15, -0.1) is 0 Å². The van der Waals surface area contributed by atoms with Crippen molar-refractivity contribution in [1.29, 1.82) is 0 Å². The number of hydrogen-bond acceptors (Lipinski definition) is 5. The van der Waals surface area contributed by atoms with Crippen molar-refractivity contribution in [2.24, 2.45) is 17.8 Å². The summed E-state index contributed by atoms with van der Waals surface area (Å²) < 4.78 is 12.5. The van der Waals surface area contributed by atoms with Crippen LogP contribution >= 0.6 is 0 Å². The minimum atomic E-state index is -0.276. The van der Waals surface area contributed by atoms with Crippen LogP contribution in [0.2, 0.25) is 0 Å². The fraction of sp³-hybridized carbons (Fsp3) is 0.542. The number of amides is 1. The molecule has 7 rings (SSSR count). The highest BCUT2D eigenvalue weighted by molar-refractivity contribution is 5.76. The third-order valence-corrected chi connectivity index (χ3v) is 7.44. The normalized spacial score (nSPS) is 30.3. The Bertz CT molecular complexity index is 1060. The molecule has 1 N–H and O–H groups in total. The standard InChI is InChI=1S/C24H27N3O4/c28-22(25-24-11-15-7-16(12-24)9-17(8-15)13-24)14-27-23(29)4-2-19(26-27)18-1-3-20-21(10-18)31-6-5-30-20/h1-4,10,15-17H,5-9,11-14H2,(H,25,28). The number of aromatic nitrogens is 2. The van der Waals surface area contributed by atoms with E-state index in [1.807, 2.05) is 18.2 Å². The van der Waals surface area contributed by atoms with Gasteiger partial charge in [0.25, 0.3) is 5.56 Å². The van der Waals surface area contributed by atoms with Crippen molar-refractivity contribution in [2.75, 3.05) is 13.2 Å². The maximum atomic E-state index is 12.9. The van der Waals surface area contributed by atoms with Crippen molar-refractivity contribution < 1.29 is 14.3 Å². The Morgan fingerprint density at radius 3 is 2.39 bits per heavy atom. The Balaban J connectivity index is 1.21. The lowest BCUT2D eigenvalue weighted by molar-refractivity contribution is -0.127. The number of hydrogen-bond donors (Lipinski definition) is 1. The number of carbonyl (C=O) groups excluding carboxylic acids is 1. The van der Waals surface area contributed by atoms with E-state index in [0.717, 1.165) is 42.6 Å². The van der Waals surface area contributed by atoms with E-state index in [1.54, 1.807) is 6.07 Å². The smallest absolute Gasteiger partial charge is 0.267 e. The van der Waals surface area contributed by atoms with Gasteiger partial charge in [-0.3, -0.25) is 9.59 Å². The first-order chi connectivity index (χ1) is 15.1. The topological polar surface area (TPSA) is 82.5 Å². The second-order valence-electron chi connectivity index (χ2n) is 9.82. The molecule has 5 aliphatic rings. The van der Waals surface area contributed by atoms with Gasteiger partial charge in [0.15, 0.2) is 11.5 Å². The molecule has 4 aliphatic carbocycles. The first kappa shape index (κ1) is 18.9. The van der Waals surface area contributed by atoms with Crippen LogP contribution in [0.1, 0.15) is 38.5 Å². The molecule has 1 aliphatic heterocycles. The summed E-state index contributed by atoms with van der Waals surface area (Å²) in [6.07, 6.45) is 7.24. The summed E-state index contributed by atoms with van der Waals surface area (Å²) in [7, 11) is 0. The van der Waals surface area contributed by atoms with Crippen molar-refractivity contribution in [2.45, 2.75) is 50.6 Å². The number of nitrogens with one attached hydrogen (secondary N) is 1. The van der Waals surface area contributed by atoms with Crippen LogP contribution < -0.4 is 20.3 Å². The van der Waals surface area contributed by atoms with Crippen molar-refractivity contribution in [3.05, 3.63) is 40.7 Å². The second kappa shape index (κ2) is 7.11. The fourth-order valence-electron chi connectivity index (χ4n) is 6.65. The minimum Gasteiger partial charge on any atom is -0.486 e. The van der Waals surface area contributed by atoms with Gasteiger partial charge in [-0.05, 0) is 80.5 Å². The highest BCUT2D eigenvalue weighted by Gasteiger charge is 2.51. The summed E-state index contributed by atoms with van der Waals surface area (Å²) in [5, 5.41) is 7.80. The molecule has 1 amide bonds. The van der Waals surface area contributed by atoms with Crippen LogP contribution in [0.5, 0.6) is 11.5 Å². The predicted molar refractivity (Wildman–Crippen MR) is 114 cm³/mol. The number of benzene rings is 1. The molecule has 0 unspecified atom stereocenters. The number of rotatable bonds is 4. The maximum absolute atomic E-state index is 12.9. The molecule has 1 aromatic carbocycles. The molecule has 162 valence electrons. The molecule has 1 aromatic heterocycles. The monoisotopic (exact) mass is 421 g/mol. The minimum absolute atomic E-state index is 0.0566. The quantitative estimate of drug-likeness (QED) is 0.821. The zero-order valence-corrected chi connectivity index (χ0v) is 17.5. The molecule has 4 bridgehead atoms. The summed E-state index contributed by atoms with van der Waals surface area (Å²) in [6, 6.07) is 8.75. The molecular weight excluding hydrogens is 394 g/mol. The summed E-state index contributed by atoms with van der Waals surface area (Å²) in [5.41, 5.74) is 1.10. The molecule has 0 saturated heterocycles. The third kappa shape index (κ3) is 3.50. The lowest BCUT2D eigenvalue weighted by Gasteiger charge is -2.56. The molecule has 4 saturated carbocycles.